The number of halogens is 1. The SMILES string of the molecule is CCNC(=NCCCc1nc(C(C)C)no1)N(C)Cc1ccccc1Br. The molecule has 0 aliphatic carbocycles. The van der Waals surface area contributed by atoms with Gasteiger partial charge in [-0.05, 0) is 25.0 Å². The van der Waals surface area contributed by atoms with E-state index in [-0.39, 0.29) is 5.92 Å². The maximum absolute atomic E-state index is 5.28. The minimum absolute atomic E-state index is 0.289. The van der Waals surface area contributed by atoms with E-state index in [4.69, 9.17) is 9.52 Å². The number of hydrogen-bond donors (Lipinski definition) is 1. The van der Waals surface area contributed by atoms with E-state index in [1.807, 2.05) is 19.2 Å². The number of guanidine groups is 1. The molecule has 2 rings (SSSR count). The maximum atomic E-state index is 5.28. The third-order valence-corrected chi connectivity index (χ3v) is 4.65. The van der Waals surface area contributed by atoms with Crippen molar-refractivity contribution in [3.05, 3.63) is 46.0 Å². The van der Waals surface area contributed by atoms with Crippen LogP contribution in [0.4, 0.5) is 0 Å². The molecular formula is C19H28BrN5O. The van der Waals surface area contributed by atoms with Crippen molar-refractivity contribution in [3.63, 3.8) is 0 Å². The molecule has 0 aliphatic rings. The Hall–Kier alpha value is -1.89. The largest absolute Gasteiger partial charge is 0.357 e. The van der Waals surface area contributed by atoms with Gasteiger partial charge >= 0.3 is 0 Å². The Morgan fingerprint density at radius 2 is 2.12 bits per heavy atom. The fraction of sp³-hybridized carbons (Fsp3) is 0.526. The Morgan fingerprint density at radius 1 is 1.35 bits per heavy atom. The van der Waals surface area contributed by atoms with Crippen LogP contribution in [0.5, 0.6) is 0 Å². The van der Waals surface area contributed by atoms with E-state index in [9.17, 15) is 0 Å². The third kappa shape index (κ3) is 6.12. The first-order valence-electron chi connectivity index (χ1n) is 9.06. The van der Waals surface area contributed by atoms with Crippen LogP contribution in [-0.4, -0.2) is 41.1 Å². The van der Waals surface area contributed by atoms with Gasteiger partial charge in [0.1, 0.15) is 0 Å². The molecule has 0 unspecified atom stereocenters. The Morgan fingerprint density at radius 3 is 2.77 bits per heavy atom. The molecule has 1 aromatic carbocycles. The lowest BCUT2D eigenvalue weighted by Crippen LogP contribution is -2.38. The average molecular weight is 422 g/mol. The Bertz CT molecular complexity index is 713. The number of hydrogen-bond acceptors (Lipinski definition) is 4. The minimum Gasteiger partial charge on any atom is -0.357 e. The number of aryl methyl sites for hydroxylation is 1. The summed E-state index contributed by atoms with van der Waals surface area (Å²) in [5.41, 5.74) is 1.23. The second kappa shape index (κ2) is 10.3. The molecule has 0 spiro atoms. The lowest BCUT2D eigenvalue weighted by Gasteiger charge is -2.22. The second-order valence-electron chi connectivity index (χ2n) is 6.49. The molecule has 0 aliphatic heterocycles. The molecule has 26 heavy (non-hydrogen) atoms. The van der Waals surface area contributed by atoms with Crippen LogP contribution >= 0.6 is 15.9 Å². The quantitative estimate of drug-likeness (QED) is 0.396. The van der Waals surface area contributed by atoms with Crippen LogP contribution in [0.3, 0.4) is 0 Å². The number of benzene rings is 1. The first-order chi connectivity index (χ1) is 12.5. The standard InChI is InChI=1S/C19H28BrN5O/c1-5-21-19(25(4)13-15-9-6-7-10-16(15)20)22-12-8-11-17-23-18(14(2)3)24-26-17/h6-7,9-10,14H,5,8,11-13H2,1-4H3,(H,21,22). The molecule has 1 heterocycles. The van der Waals surface area contributed by atoms with Crippen molar-refractivity contribution in [1.29, 1.82) is 0 Å². The van der Waals surface area contributed by atoms with Gasteiger partial charge < -0.3 is 14.7 Å². The highest BCUT2D eigenvalue weighted by Gasteiger charge is 2.10. The van der Waals surface area contributed by atoms with Gasteiger partial charge in [-0.1, -0.05) is 53.1 Å². The van der Waals surface area contributed by atoms with Gasteiger partial charge in [0, 0.05) is 43.5 Å². The van der Waals surface area contributed by atoms with Gasteiger partial charge in [0.25, 0.3) is 0 Å². The van der Waals surface area contributed by atoms with Gasteiger partial charge in [-0.3, -0.25) is 4.99 Å². The van der Waals surface area contributed by atoms with Crippen molar-refractivity contribution >= 4 is 21.9 Å². The van der Waals surface area contributed by atoms with Crippen LogP contribution < -0.4 is 5.32 Å². The van der Waals surface area contributed by atoms with Crippen LogP contribution in [0, 0.1) is 0 Å². The summed E-state index contributed by atoms with van der Waals surface area (Å²) in [4.78, 5) is 11.3. The smallest absolute Gasteiger partial charge is 0.226 e. The van der Waals surface area contributed by atoms with Crippen molar-refractivity contribution in [3.8, 4) is 0 Å². The minimum atomic E-state index is 0.289. The summed E-state index contributed by atoms with van der Waals surface area (Å²) in [6.45, 7) is 8.52. The highest BCUT2D eigenvalue weighted by molar-refractivity contribution is 9.10. The fourth-order valence-electron chi connectivity index (χ4n) is 2.45. The fourth-order valence-corrected chi connectivity index (χ4v) is 2.86. The Labute approximate surface area is 164 Å². The molecule has 7 heteroatoms. The summed E-state index contributed by atoms with van der Waals surface area (Å²) in [6.07, 6.45) is 1.62. The highest BCUT2D eigenvalue weighted by Crippen LogP contribution is 2.17. The summed E-state index contributed by atoms with van der Waals surface area (Å²) in [5, 5.41) is 7.34. The molecule has 1 aromatic heterocycles. The number of rotatable bonds is 8. The number of nitrogens with one attached hydrogen (secondary N) is 1. The van der Waals surface area contributed by atoms with Crippen molar-refractivity contribution < 1.29 is 4.52 Å². The van der Waals surface area contributed by atoms with Crippen molar-refractivity contribution in [2.45, 2.75) is 46.1 Å². The van der Waals surface area contributed by atoms with Gasteiger partial charge in [-0.2, -0.15) is 4.98 Å². The van der Waals surface area contributed by atoms with Crippen LogP contribution in [0.15, 0.2) is 38.3 Å². The van der Waals surface area contributed by atoms with Gasteiger partial charge in [0.2, 0.25) is 5.89 Å². The summed E-state index contributed by atoms with van der Waals surface area (Å²) in [5.74, 6) is 2.65. The zero-order chi connectivity index (χ0) is 18.9. The zero-order valence-corrected chi connectivity index (χ0v) is 17.6. The maximum Gasteiger partial charge on any atom is 0.226 e. The number of nitrogens with zero attached hydrogens (tertiary/aromatic N) is 4. The summed E-state index contributed by atoms with van der Waals surface area (Å²) >= 11 is 3.60. The van der Waals surface area contributed by atoms with E-state index in [1.165, 1.54) is 5.56 Å². The molecule has 0 saturated carbocycles. The Kier molecular flexibility index (Phi) is 8.09. The van der Waals surface area contributed by atoms with E-state index in [2.05, 4.69) is 69.2 Å². The second-order valence-corrected chi connectivity index (χ2v) is 7.34. The van der Waals surface area contributed by atoms with Crippen LogP contribution in [0.2, 0.25) is 0 Å². The molecule has 0 saturated heterocycles. The Balaban J connectivity index is 1.89. The topological polar surface area (TPSA) is 66.5 Å². The van der Waals surface area contributed by atoms with E-state index in [0.717, 1.165) is 42.2 Å². The summed E-state index contributed by atoms with van der Waals surface area (Å²) in [7, 11) is 2.05. The first kappa shape index (κ1) is 20.4. The third-order valence-electron chi connectivity index (χ3n) is 3.87. The van der Waals surface area contributed by atoms with Crippen molar-refractivity contribution in [1.82, 2.24) is 20.4 Å². The van der Waals surface area contributed by atoms with E-state index < -0.39 is 0 Å². The van der Waals surface area contributed by atoms with E-state index in [0.29, 0.717) is 12.4 Å². The monoisotopic (exact) mass is 421 g/mol. The zero-order valence-electron chi connectivity index (χ0n) is 16.0. The predicted octanol–water partition coefficient (Wildman–Crippen LogP) is 3.99. The van der Waals surface area contributed by atoms with Gasteiger partial charge in [0.15, 0.2) is 11.8 Å². The molecule has 2 aromatic rings. The normalized spacial score (nSPS) is 11.8. The highest BCUT2D eigenvalue weighted by atomic mass is 79.9. The molecule has 0 radical (unpaired) electrons. The molecule has 0 amide bonds. The number of aliphatic imine (C=N–C) groups is 1. The average Bonchev–Trinajstić information content (AvgIpc) is 3.09. The van der Waals surface area contributed by atoms with E-state index in [1.54, 1.807) is 0 Å². The van der Waals surface area contributed by atoms with Crippen LogP contribution in [-0.2, 0) is 13.0 Å². The lowest BCUT2D eigenvalue weighted by molar-refractivity contribution is 0.369. The molecule has 1 N–H and O–H groups in total. The van der Waals surface area contributed by atoms with Crippen LogP contribution in [0.25, 0.3) is 0 Å². The van der Waals surface area contributed by atoms with E-state index >= 15 is 0 Å². The van der Waals surface area contributed by atoms with Gasteiger partial charge in [0.05, 0.1) is 0 Å². The molecule has 142 valence electrons. The first-order valence-corrected chi connectivity index (χ1v) is 9.85. The predicted molar refractivity (Wildman–Crippen MR) is 108 cm³/mol. The number of aromatic nitrogens is 2. The molecule has 0 bridgehead atoms. The van der Waals surface area contributed by atoms with Crippen molar-refractivity contribution in [2.75, 3.05) is 20.1 Å². The molecule has 6 nitrogen and oxygen atoms in total. The lowest BCUT2D eigenvalue weighted by atomic mass is 10.2. The summed E-state index contributed by atoms with van der Waals surface area (Å²) < 4.78 is 6.39. The van der Waals surface area contributed by atoms with Gasteiger partial charge in [-0.15, -0.1) is 0 Å². The summed E-state index contributed by atoms with van der Waals surface area (Å²) in [6, 6.07) is 8.25. The van der Waals surface area contributed by atoms with Crippen LogP contribution in [0.1, 0.15) is 50.4 Å². The molecule has 0 atom stereocenters. The molecular weight excluding hydrogens is 394 g/mol. The van der Waals surface area contributed by atoms with Crippen molar-refractivity contribution in [2.24, 2.45) is 4.99 Å². The molecule has 0 fully saturated rings. The van der Waals surface area contributed by atoms with Gasteiger partial charge in [-0.25, -0.2) is 0 Å².